The Morgan fingerprint density at radius 1 is 1.47 bits per heavy atom. The van der Waals surface area contributed by atoms with Gasteiger partial charge in [0.1, 0.15) is 0 Å². The van der Waals surface area contributed by atoms with Crippen molar-refractivity contribution in [3.8, 4) is 0 Å². The minimum absolute atomic E-state index is 0.00753. The molecule has 1 aliphatic rings. The zero-order chi connectivity index (χ0) is 12.3. The highest BCUT2D eigenvalue weighted by atomic mass is 79.9. The van der Waals surface area contributed by atoms with Gasteiger partial charge in [-0.3, -0.25) is 4.79 Å². The number of ether oxygens (including phenoxy) is 1. The van der Waals surface area contributed by atoms with E-state index in [-0.39, 0.29) is 18.1 Å². The quantitative estimate of drug-likeness (QED) is 0.894. The lowest BCUT2D eigenvalue weighted by molar-refractivity contribution is -0.118. The molecule has 4 nitrogen and oxygen atoms in total. The third kappa shape index (κ3) is 3.28. The molecule has 0 saturated carbocycles. The summed E-state index contributed by atoms with van der Waals surface area (Å²) in [7, 11) is 1.67. The van der Waals surface area contributed by atoms with Gasteiger partial charge in [0.05, 0.1) is 12.1 Å². The normalized spacial score (nSPS) is 23.6. The van der Waals surface area contributed by atoms with E-state index in [0.717, 1.165) is 23.1 Å². The average Bonchev–Trinajstić information content (AvgIpc) is 2.81. The van der Waals surface area contributed by atoms with Gasteiger partial charge < -0.3 is 15.4 Å². The number of benzene rings is 1. The van der Waals surface area contributed by atoms with Crippen molar-refractivity contribution in [1.82, 2.24) is 5.32 Å². The molecule has 0 aliphatic carbocycles. The van der Waals surface area contributed by atoms with Crippen LogP contribution >= 0.6 is 15.9 Å². The summed E-state index contributed by atoms with van der Waals surface area (Å²) in [4.78, 5) is 11.9. The van der Waals surface area contributed by atoms with Crippen LogP contribution in [-0.4, -0.2) is 31.7 Å². The summed E-state index contributed by atoms with van der Waals surface area (Å²) in [6.45, 7) is 0.731. The van der Waals surface area contributed by atoms with Crippen LogP contribution in [0.4, 0.5) is 5.69 Å². The molecular weight excluding hydrogens is 284 g/mol. The molecule has 0 aromatic heterocycles. The maximum absolute atomic E-state index is 11.9. The van der Waals surface area contributed by atoms with Crippen molar-refractivity contribution >= 4 is 27.5 Å². The summed E-state index contributed by atoms with van der Waals surface area (Å²) in [5.41, 5.74) is 0.806. The first-order valence-corrected chi connectivity index (χ1v) is 6.31. The highest BCUT2D eigenvalue weighted by Crippen LogP contribution is 2.16. The number of carbonyl (C=O) groups is 1. The smallest absolute Gasteiger partial charge is 0.241 e. The highest BCUT2D eigenvalue weighted by molar-refractivity contribution is 9.10. The number of carbonyl (C=O) groups excluding carboxylic acids is 1. The Balaban J connectivity index is 1.91. The first-order chi connectivity index (χ1) is 8.19. The molecule has 2 N–H and O–H groups in total. The molecule has 1 heterocycles. The summed E-state index contributed by atoms with van der Waals surface area (Å²) < 4.78 is 6.20. The van der Waals surface area contributed by atoms with E-state index >= 15 is 0 Å². The SMILES string of the molecule is COC1CNC(C(=O)Nc2ccc(Br)cc2)C1. The fourth-order valence-electron chi connectivity index (χ4n) is 1.85. The lowest BCUT2D eigenvalue weighted by Gasteiger charge is -2.11. The van der Waals surface area contributed by atoms with Gasteiger partial charge in [-0.15, -0.1) is 0 Å². The second-order valence-corrected chi connectivity index (χ2v) is 4.97. The van der Waals surface area contributed by atoms with Crippen molar-refractivity contribution in [3.63, 3.8) is 0 Å². The van der Waals surface area contributed by atoms with Crippen LogP contribution in [0.5, 0.6) is 0 Å². The summed E-state index contributed by atoms with van der Waals surface area (Å²) >= 11 is 3.35. The Morgan fingerprint density at radius 3 is 2.76 bits per heavy atom. The molecule has 2 rings (SSSR count). The van der Waals surface area contributed by atoms with Crippen molar-refractivity contribution in [1.29, 1.82) is 0 Å². The van der Waals surface area contributed by atoms with Gasteiger partial charge in [0, 0.05) is 23.8 Å². The average molecular weight is 299 g/mol. The molecule has 2 atom stereocenters. The van der Waals surface area contributed by atoms with Crippen molar-refractivity contribution in [3.05, 3.63) is 28.7 Å². The van der Waals surface area contributed by atoms with Crippen LogP contribution in [0, 0.1) is 0 Å². The van der Waals surface area contributed by atoms with Gasteiger partial charge >= 0.3 is 0 Å². The summed E-state index contributed by atoms with van der Waals surface area (Å²) in [6.07, 6.45) is 0.856. The number of hydrogen-bond acceptors (Lipinski definition) is 3. The summed E-state index contributed by atoms with van der Waals surface area (Å²) in [5.74, 6) is -0.00753. The van der Waals surface area contributed by atoms with Gasteiger partial charge in [-0.25, -0.2) is 0 Å². The molecule has 5 heteroatoms. The van der Waals surface area contributed by atoms with Crippen molar-refractivity contribution in [2.75, 3.05) is 19.0 Å². The highest BCUT2D eigenvalue weighted by Gasteiger charge is 2.29. The molecule has 17 heavy (non-hydrogen) atoms. The number of anilines is 1. The Hall–Kier alpha value is -0.910. The lowest BCUT2D eigenvalue weighted by atomic mass is 10.2. The van der Waals surface area contributed by atoms with Crippen LogP contribution in [0.3, 0.4) is 0 Å². The molecule has 92 valence electrons. The molecule has 1 amide bonds. The fourth-order valence-corrected chi connectivity index (χ4v) is 2.11. The van der Waals surface area contributed by atoms with Gasteiger partial charge in [0.15, 0.2) is 0 Å². The number of halogens is 1. The van der Waals surface area contributed by atoms with E-state index in [1.54, 1.807) is 7.11 Å². The molecule has 1 saturated heterocycles. The summed E-state index contributed by atoms with van der Waals surface area (Å²) in [5, 5.41) is 6.02. The Labute approximate surface area is 109 Å². The number of methoxy groups -OCH3 is 1. The zero-order valence-corrected chi connectivity index (χ0v) is 11.2. The Morgan fingerprint density at radius 2 is 2.18 bits per heavy atom. The van der Waals surface area contributed by atoms with Crippen molar-refractivity contribution in [2.45, 2.75) is 18.6 Å². The van der Waals surface area contributed by atoms with E-state index in [1.165, 1.54) is 0 Å². The van der Waals surface area contributed by atoms with Gasteiger partial charge in [0.2, 0.25) is 5.91 Å². The molecular formula is C12H15BrN2O2. The van der Waals surface area contributed by atoms with E-state index in [0.29, 0.717) is 0 Å². The van der Waals surface area contributed by atoms with Crippen LogP contribution < -0.4 is 10.6 Å². The molecule has 2 unspecified atom stereocenters. The monoisotopic (exact) mass is 298 g/mol. The number of amides is 1. The van der Waals surface area contributed by atoms with Crippen LogP contribution in [0.1, 0.15) is 6.42 Å². The van der Waals surface area contributed by atoms with Crippen LogP contribution in [0.2, 0.25) is 0 Å². The van der Waals surface area contributed by atoms with Gasteiger partial charge in [-0.2, -0.15) is 0 Å². The van der Waals surface area contributed by atoms with E-state index < -0.39 is 0 Å². The van der Waals surface area contributed by atoms with Crippen molar-refractivity contribution in [2.24, 2.45) is 0 Å². The van der Waals surface area contributed by atoms with E-state index in [2.05, 4.69) is 26.6 Å². The first kappa shape index (κ1) is 12.5. The van der Waals surface area contributed by atoms with Crippen LogP contribution in [0.15, 0.2) is 28.7 Å². The third-order valence-electron chi connectivity index (χ3n) is 2.85. The molecule has 1 fully saturated rings. The van der Waals surface area contributed by atoms with Crippen molar-refractivity contribution < 1.29 is 9.53 Å². The fraction of sp³-hybridized carbons (Fsp3) is 0.417. The summed E-state index contributed by atoms with van der Waals surface area (Å²) in [6, 6.07) is 7.37. The van der Waals surface area contributed by atoms with E-state index in [9.17, 15) is 4.79 Å². The second-order valence-electron chi connectivity index (χ2n) is 4.05. The second kappa shape index (κ2) is 5.62. The Kier molecular flexibility index (Phi) is 4.15. The molecule has 1 aromatic rings. The Bertz CT molecular complexity index is 394. The van der Waals surface area contributed by atoms with Gasteiger partial charge in [0.25, 0.3) is 0 Å². The molecule has 0 bridgehead atoms. The number of rotatable bonds is 3. The van der Waals surface area contributed by atoms with E-state index in [1.807, 2.05) is 24.3 Å². The molecule has 0 radical (unpaired) electrons. The topological polar surface area (TPSA) is 50.4 Å². The minimum Gasteiger partial charge on any atom is -0.380 e. The number of hydrogen-bond donors (Lipinski definition) is 2. The number of nitrogens with one attached hydrogen (secondary N) is 2. The van der Waals surface area contributed by atoms with Crippen LogP contribution in [-0.2, 0) is 9.53 Å². The van der Waals surface area contributed by atoms with Gasteiger partial charge in [-0.05, 0) is 30.7 Å². The predicted octanol–water partition coefficient (Wildman–Crippen LogP) is 1.76. The predicted molar refractivity (Wildman–Crippen MR) is 70.0 cm³/mol. The largest absolute Gasteiger partial charge is 0.380 e. The minimum atomic E-state index is -0.163. The lowest BCUT2D eigenvalue weighted by Crippen LogP contribution is -2.35. The molecule has 1 aromatic carbocycles. The first-order valence-electron chi connectivity index (χ1n) is 5.51. The van der Waals surface area contributed by atoms with Crippen LogP contribution in [0.25, 0.3) is 0 Å². The van der Waals surface area contributed by atoms with Gasteiger partial charge in [-0.1, -0.05) is 15.9 Å². The maximum Gasteiger partial charge on any atom is 0.241 e. The molecule has 0 spiro atoms. The third-order valence-corrected chi connectivity index (χ3v) is 3.38. The maximum atomic E-state index is 11.9. The van der Waals surface area contributed by atoms with E-state index in [4.69, 9.17) is 4.74 Å². The zero-order valence-electron chi connectivity index (χ0n) is 9.57. The standard InChI is InChI=1S/C12H15BrN2O2/c1-17-10-6-11(14-7-10)12(16)15-9-4-2-8(13)3-5-9/h2-5,10-11,14H,6-7H2,1H3,(H,15,16). The molecule has 1 aliphatic heterocycles.